The van der Waals surface area contributed by atoms with Gasteiger partial charge >= 0.3 is 5.97 Å². The number of carboxylic acid groups (broad SMARTS) is 1. The number of aliphatic carboxylic acids is 1. The monoisotopic (exact) mass is 570 g/mol. The molecular weight excluding hydrogens is 540 g/mol. The fraction of sp³-hybridized carbons (Fsp3) is 0.108. The number of carbonyl (C=O) groups is 1. The molecular formula is C37H30O4S. The Morgan fingerprint density at radius 2 is 1.29 bits per heavy atom. The van der Waals surface area contributed by atoms with Crippen molar-refractivity contribution in [3.63, 3.8) is 0 Å². The van der Waals surface area contributed by atoms with E-state index in [1.807, 2.05) is 78.1 Å². The summed E-state index contributed by atoms with van der Waals surface area (Å²) >= 11 is 1.85. The van der Waals surface area contributed by atoms with E-state index in [0.717, 1.165) is 28.9 Å². The van der Waals surface area contributed by atoms with Gasteiger partial charge in [0.15, 0.2) is 6.10 Å². The Kier molecular flexibility index (Phi) is 8.02. The van der Waals surface area contributed by atoms with E-state index in [1.165, 1.54) is 31.7 Å². The zero-order valence-electron chi connectivity index (χ0n) is 23.2. The van der Waals surface area contributed by atoms with Gasteiger partial charge in [0.25, 0.3) is 0 Å². The molecule has 0 amide bonds. The van der Waals surface area contributed by atoms with E-state index in [2.05, 4.69) is 60.7 Å². The van der Waals surface area contributed by atoms with Crippen molar-refractivity contribution in [3.05, 3.63) is 143 Å². The Hall–Kier alpha value is -4.87. The first-order valence-corrected chi connectivity index (χ1v) is 14.7. The zero-order chi connectivity index (χ0) is 28.9. The highest BCUT2D eigenvalue weighted by molar-refractivity contribution is 7.19. The van der Waals surface area contributed by atoms with Crippen LogP contribution in [0.3, 0.4) is 0 Å². The van der Waals surface area contributed by atoms with E-state index < -0.39 is 12.1 Å². The minimum Gasteiger partial charge on any atom is -0.497 e. The van der Waals surface area contributed by atoms with Gasteiger partial charge in [-0.1, -0.05) is 97.1 Å². The third-order valence-corrected chi connectivity index (χ3v) is 8.54. The van der Waals surface area contributed by atoms with Crippen molar-refractivity contribution in [3.8, 4) is 33.8 Å². The summed E-state index contributed by atoms with van der Waals surface area (Å²) in [6.07, 6.45) is 0.200. The third-order valence-electron chi connectivity index (χ3n) is 7.37. The third kappa shape index (κ3) is 6.07. The van der Waals surface area contributed by atoms with E-state index in [4.69, 9.17) is 9.47 Å². The summed E-state index contributed by atoms with van der Waals surface area (Å²) in [7, 11) is 1.69. The number of benzene rings is 5. The smallest absolute Gasteiger partial charge is 0.345 e. The van der Waals surface area contributed by atoms with Gasteiger partial charge in [-0.2, -0.15) is 0 Å². The molecule has 0 radical (unpaired) electrons. The lowest BCUT2D eigenvalue weighted by atomic mass is 9.96. The molecule has 0 spiro atoms. The van der Waals surface area contributed by atoms with Gasteiger partial charge in [0.05, 0.1) is 7.11 Å². The predicted molar refractivity (Wildman–Crippen MR) is 171 cm³/mol. The Bertz CT molecular complexity index is 1790. The lowest BCUT2D eigenvalue weighted by molar-refractivity contribution is -0.145. The molecule has 6 rings (SSSR count). The normalized spacial score (nSPS) is 11.7. The Morgan fingerprint density at radius 3 is 1.95 bits per heavy atom. The van der Waals surface area contributed by atoms with Crippen LogP contribution in [0.2, 0.25) is 0 Å². The second-order valence-corrected chi connectivity index (χ2v) is 11.3. The molecule has 0 saturated heterocycles. The molecule has 5 aromatic carbocycles. The van der Waals surface area contributed by atoms with Crippen LogP contribution >= 0.6 is 11.3 Å². The number of carboxylic acids is 1. The second kappa shape index (κ2) is 12.3. The maximum absolute atomic E-state index is 11.8. The maximum atomic E-state index is 11.8. The molecule has 1 N–H and O–H groups in total. The highest BCUT2D eigenvalue weighted by atomic mass is 32.1. The van der Waals surface area contributed by atoms with E-state index in [1.54, 1.807) is 7.11 Å². The largest absolute Gasteiger partial charge is 0.497 e. The zero-order valence-corrected chi connectivity index (χ0v) is 24.0. The minimum absolute atomic E-state index is 0.303. The number of fused-ring (bicyclic) bond motifs is 1. The first-order chi connectivity index (χ1) is 20.6. The number of hydrogen-bond acceptors (Lipinski definition) is 4. The standard InChI is InChI=1S/C37H30O4S/c1-40-30-19-11-26(12-20-30)24-35-36(32-9-5-6-10-34(32)42-35)29-15-13-27(14-16-29)28-17-21-31(22-18-28)41-33(37(38)39)23-25-7-3-2-4-8-25/h2-22,33H,23-24H2,1H3,(H,38,39)/t33-/m1/s1. The van der Waals surface area contributed by atoms with Crippen LogP contribution in [0.5, 0.6) is 11.5 Å². The summed E-state index contributed by atoms with van der Waals surface area (Å²) in [6.45, 7) is 0. The number of rotatable bonds is 10. The molecule has 0 aliphatic heterocycles. The van der Waals surface area contributed by atoms with Crippen LogP contribution in [-0.2, 0) is 17.6 Å². The number of ether oxygens (including phenoxy) is 2. The van der Waals surface area contributed by atoms with Crippen LogP contribution in [0.1, 0.15) is 16.0 Å². The summed E-state index contributed by atoms with van der Waals surface area (Å²) in [5, 5.41) is 11.0. The van der Waals surface area contributed by atoms with Crippen molar-refractivity contribution in [2.45, 2.75) is 18.9 Å². The predicted octanol–water partition coefficient (Wildman–Crippen LogP) is 8.91. The SMILES string of the molecule is COc1ccc(Cc2sc3ccccc3c2-c2ccc(-c3ccc(O[C@H](Cc4ccccc4)C(=O)O)cc3)cc2)cc1. The second-order valence-electron chi connectivity index (χ2n) is 10.2. The summed E-state index contributed by atoms with van der Waals surface area (Å²) in [4.78, 5) is 13.2. The number of thiophene rings is 1. The quantitative estimate of drug-likeness (QED) is 0.179. The molecule has 0 aliphatic rings. The maximum Gasteiger partial charge on any atom is 0.345 e. The van der Waals surface area contributed by atoms with Crippen molar-refractivity contribution in [2.24, 2.45) is 0 Å². The Labute approximate surface area is 249 Å². The molecule has 0 fully saturated rings. The molecule has 6 aromatic rings. The molecule has 5 heteroatoms. The lowest BCUT2D eigenvalue weighted by Gasteiger charge is -2.15. The average molecular weight is 571 g/mol. The molecule has 0 aliphatic carbocycles. The lowest BCUT2D eigenvalue weighted by Crippen LogP contribution is -2.29. The minimum atomic E-state index is -0.981. The molecule has 0 bridgehead atoms. The van der Waals surface area contributed by atoms with Gasteiger partial charge in [0.1, 0.15) is 11.5 Å². The molecule has 1 atom stereocenters. The van der Waals surface area contributed by atoms with Crippen molar-refractivity contribution in [2.75, 3.05) is 7.11 Å². The first-order valence-electron chi connectivity index (χ1n) is 13.8. The molecule has 0 saturated carbocycles. The molecule has 208 valence electrons. The van der Waals surface area contributed by atoms with Gasteiger partial charge in [-0.05, 0) is 58.1 Å². The van der Waals surface area contributed by atoms with E-state index in [9.17, 15) is 9.90 Å². The van der Waals surface area contributed by atoms with Gasteiger partial charge in [-0.3, -0.25) is 0 Å². The van der Waals surface area contributed by atoms with E-state index in [-0.39, 0.29) is 0 Å². The first kappa shape index (κ1) is 27.3. The summed E-state index contributed by atoms with van der Waals surface area (Å²) in [6, 6.07) is 42.7. The van der Waals surface area contributed by atoms with Gasteiger partial charge in [0, 0.05) is 33.4 Å². The van der Waals surface area contributed by atoms with Crippen LogP contribution in [0, 0.1) is 0 Å². The molecule has 1 heterocycles. The Balaban J connectivity index is 1.22. The van der Waals surface area contributed by atoms with Gasteiger partial charge in [-0.15, -0.1) is 11.3 Å². The van der Waals surface area contributed by atoms with E-state index in [0.29, 0.717) is 12.2 Å². The van der Waals surface area contributed by atoms with Crippen LogP contribution in [-0.4, -0.2) is 24.3 Å². The van der Waals surface area contributed by atoms with Crippen molar-refractivity contribution in [1.82, 2.24) is 0 Å². The highest BCUT2D eigenvalue weighted by Gasteiger charge is 2.20. The van der Waals surface area contributed by atoms with Crippen LogP contribution in [0.4, 0.5) is 0 Å². The van der Waals surface area contributed by atoms with Crippen LogP contribution in [0.15, 0.2) is 127 Å². The van der Waals surface area contributed by atoms with Crippen molar-refractivity contribution in [1.29, 1.82) is 0 Å². The summed E-state index contributed by atoms with van der Waals surface area (Å²) < 4.78 is 12.5. The summed E-state index contributed by atoms with van der Waals surface area (Å²) in [5.41, 5.74) is 6.76. The molecule has 42 heavy (non-hydrogen) atoms. The topological polar surface area (TPSA) is 55.8 Å². The van der Waals surface area contributed by atoms with Gasteiger partial charge in [-0.25, -0.2) is 4.79 Å². The Morgan fingerprint density at radius 1 is 0.690 bits per heavy atom. The molecule has 4 nitrogen and oxygen atoms in total. The van der Waals surface area contributed by atoms with Crippen molar-refractivity contribution >= 4 is 27.4 Å². The van der Waals surface area contributed by atoms with Crippen molar-refractivity contribution < 1.29 is 19.4 Å². The summed E-state index contributed by atoms with van der Waals surface area (Å²) in [5.74, 6) is 0.414. The number of methoxy groups -OCH3 is 1. The fourth-order valence-corrected chi connectivity index (χ4v) is 6.45. The fourth-order valence-electron chi connectivity index (χ4n) is 5.19. The van der Waals surface area contributed by atoms with Gasteiger partial charge < -0.3 is 14.6 Å². The number of hydrogen-bond donors (Lipinski definition) is 1. The van der Waals surface area contributed by atoms with E-state index >= 15 is 0 Å². The average Bonchev–Trinajstić information content (AvgIpc) is 3.40. The van der Waals surface area contributed by atoms with Crippen LogP contribution in [0.25, 0.3) is 32.3 Å². The van der Waals surface area contributed by atoms with Gasteiger partial charge in [0.2, 0.25) is 0 Å². The highest BCUT2D eigenvalue weighted by Crippen LogP contribution is 2.40. The molecule has 1 aromatic heterocycles. The molecule has 0 unspecified atom stereocenters. The van der Waals surface area contributed by atoms with Crippen LogP contribution < -0.4 is 9.47 Å².